The molecule has 2 aromatic heterocycles. The van der Waals surface area contributed by atoms with E-state index in [1.165, 1.54) is 6.33 Å². The molecule has 1 aromatic carbocycles. The number of hydrogen-bond acceptors (Lipinski definition) is 8. The molecule has 3 aromatic rings. The predicted molar refractivity (Wildman–Crippen MR) is 93.9 cm³/mol. The maximum Gasteiger partial charge on any atom is 0.231 e. The van der Waals surface area contributed by atoms with Gasteiger partial charge in [-0.15, -0.1) is 0 Å². The van der Waals surface area contributed by atoms with E-state index in [1.54, 1.807) is 12.4 Å². The first-order valence-electron chi connectivity index (χ1n) is 7.69. The lowest BCUT2D eigenvalue weighted by molar-refractivity contribution is 0.174. The molecule has 0 spiro atoms. The van der Waals surface area contributed by atoms with Crippen molar-refractivity contribution < 1.29 is 9.47 Å². The Morgan fingerprint density at radius 3 is 2.84 bits per heavy atom. The van der Waals surface area contributed by atoms with E-state index in [1.807, 2.05) is 30.3 Å². The van der Waals surface area contributed by atoms with Crippen LogP contribution in [0.3, 0.4) is 0 Å². The second kappa shape index (κ2) is 6.52. The molecule has 0 fully saturated rings. The highest BCUT2D eigenvalue weighted by molar-refractivity contribution is 5.77. The zero-order chi connectivity index (χ0) is 17.1. The van der Waals surface area contributed by atoms with E-state index in [9.17, 15) is 0 Å². The molecule has 126 valence electrons. The molecule has 4 N–H and O–H groups in total. The summed E-state index contributed by atoms with van der Waals surface area (Å²) >= 11 is 0. The number of nitrogen functional groups attached to an aromatic ring is 1. The van der Waals surface area contributed by atoms with Gasteiger partial charge in [0.25, 0.3) is 0 Å². The third kappa shape index (κ3) is 3.23. The molecule has 0 atom stereocenters. The molecule has 0 saturated carbocycles. The normalized spacial score (nSPS) is 12.0. The van der Waals surface area contributed by atoms with E-state index < -0.39 is 0 Å². The summed E-state index contributed by atoms with van der Waals surface area (Å²) in [6.45, 7) is 0.804. The molecule has 0 bridgehead atoms. The number of nitrogens with zero attached hydrogens (tertiary/aromatic N) is 3. The highest BCUT2D eigenvalue weighted by Crippen LogP contribution is 2.33. The minimum atomic E-state index is 0.258. The van der Waals surface area contributed by atoms with Crippen LogP contribution in [0.1, 0.15) is 5.56 Å². The molecule has 4 rings (SSSR count). The quantitative estimate of drug-likeness (QED) is 0.652. The third-order valence-corrected chi connectivity index (χ3v) is 3.71. The van der Waals surface area contributed by atoms with Gasteiger partial charge in [-0.2, -0.15) is 0 Å². The predicted octanol–water partition coefficient (Wildman–Crippen LogP) is 2.54. The number of nitrogens with one attached hydrogen (secondary N) is 2. The van der Waals surface area contributed by atoms with Gasteiger partial charge in [0.2, 0.25) is 6.79 Å². The average molecular weight is 336 g/mol. The molecule has 8 heteroatoms. The maximum absolute atomic E-state index is 6.17. The van der Waals surface area contributed by atoms with E-state index >= 15 is 0 Å². The largest absolute Gasteiger partial charge is 0.454 e. The van der Waals surface area contributed by atoms with Crippen LogP contribution in [0.25, 0.3) is 0 Å². The average Bonchev–Trinajstić information content (AvgIpc) is 3.11. The molecule has 3 heterocycles. The summed E-state index contributed by atoms with van der Waals surface area (Å²) in [6.07, 6.45) is 4.85. The van der Waals surface area contributed by atoms with Crippen LogP contribution >= 0.6 is 0 Å². The summed E-state index contributed by atoms with van der Waals surface area (Å²) < 4.78 is 10.7. The Hall–Kier alpha value is -3.55. The molecule has 0 aliphatic carbocycles. The number of rotatable bonds is 5. The van der Waals surface area contributed by atoms with Gasteiger partial charge in [0.1, 0.15) is 12.0 Å². The van der Waals surface area contributed by atoms with Gasteiger partial charge in [-0.25, -0.2) is 9.97 Å². The second-order valence-corrected chi connectivity index (χ2v) is 5.39. The van der Waals surface area contributed by atoms with E-state index in [-0.39, 0.29) is 6.79 Å². The van der Waals surface area contributed by atoms with Crippen LogP contribution in [0.4, 0.5) is 23.0 Å². The first kappa shape index (κ1) is 15.0. The van der Waals surface area contributed by atoms with Crippen molar-refractivity contribution in [2.24, 2.45) is 0 Å². The standard InChI is InChI=1S/C17H16N6O2/c18-15-16(20-7-11-3-4-13-14(6-11)25-10-24-13)21-9-22-17(15)23-12-2-1-5-19-8-12/h1-6,8-9H,7,10,18H2,(H2,20,21,22,23). The van der Waals surface area contributed by atoms with Crippen molar-refractivity contribution in [2.75, 3.05) is 23.2 Å². The van der Waals surface area contributed by atoms with E-state index in [0.29, 0.717) is 23.9 Å². The fraction of sp³-hybridized carbons (Fsp3) is 0.118. The van der Waals surface area contributed by atoms with Crippen LogP contribution in [0, 0.1) is 0 Å². The zero-order valence-corrected chi connectivity index (χ0v) is 13.3. The van der Waals surface area contributed by atoms with Gasteiger partial charge in [0.15, 0.2) is 23.1 Å². The van der Waals surface area contributed by atoms with Crippen molar-refractivity contribution in [3.8, 4) is 11.5 Å². The van der Waals surface area contributed by atoms with Crippen LogP contribution < -0.4 is 25.8 Å². The summed E-state index contributed by atoms with van der Waals surface area (Å²) in [7, 11) is 0. The lowest BCUT2D eigenvalue weighted by atomic mass is 10.2. The number of pyridine rings is 1. The maximum atomic E-state index is 6.17. The molecule has 25 heavy (non-hydrogen) atoms. The Kier molecular flexibility index (Phi) is 3.91. The summed E-state index contributed by atoms with van der Waals surface area (Å²) in [5, 5.41) is 6.35. The van der Waals surface area contributed by atoms with Crippen molar-refractivity contribution in [2.45, 2.75) is 6.54 Å². The van der Waals surface area contributed by atoms with Crippen molar-refractivity contribution in [3.63, 3.8) is 0 Å². The number of ether oxygens (including phenoxy) is 2. The van der Waals surface area contributed by atoms with Gasteiger partial charge >= 0.3 is 0 Å². The Balaban J connectivity index is 1.48. The van der Waals surface area contributed by atoms with Crippen LogP contribution in [0.15, 0.2) is 49.1 Å². The van der Waals surface area contributed by atoms with Crippen LogP contribution in [-0.4, -0.2) is 21.7 Å². The summed E-state index contributed by atoms with van der Waals surface area (Å²) in [6, 6.07) is 9.50. The van der Waals surface area contributed by atoms with Gasteiger partial charge in [0.05, 0.1) is 11.9 Å². The molecular weight excluding hydrogens is 320 g/mol. The summed E-state index contributed by atoms with van der Waals surface area (Å²) in [4.78, 5) is 12.4. The van der Waals surface area contributed by atoms with Crippen LogP contribution in [0.5, 0.6) is 11.5 Å². The van der Waals surface area contributed by atoms with Crippen molar-refractivity contribution in [1.82, 2.24) is 15.0 Å². The van der Waals surface area contributed by atoms with E-state index in [2.05, 4.69) is 25.6 Å². The number of anilines is 4. The smallest absolute Gasteiger partial charge is 0.231 e. The molecule has 1 aliphatic heterocycles. The molecule has 0 amide bonds. The molecule has 8 nitrogen and oxygen atoms in total. The number of hydrogen-bond donors (Lipinski definition) is 3. The number of fused-ring (bicyclic) bond motifs is 1. The van der Waals surface area contributed by atoms with Crippen LogP contribution in [0.2, 0.25) is 0 Å². The highest BCUT2D eigenvalue weighted by atomic mass is 16.7. The first-order valence-corrected chi connectivity index (χ1v) is 7.69. The number of benzene rings is 1. The topological polar surface area (TPSA) is 107 Å². The van der Waals surface area contributed by atoms with Gasteiger partial charge in [-0.05, 0) is 29.8 Å². The lowest BCUT2D eigenvalue weighted by Crippen LogP contribution is -2.08. The second-order valence-electron chi connectivity index (χ2n) is 5.39. The van der Waals surface area contributed by atoms with Gasteiger partial charge in [-0.1, -0.05) is 6.07 Å². The van der Waals surface area contributed by atoms with Gasteiger partial charge in [0, 0.05) is 12.7 Å². The molecule has 1 aliphatic rings. The third-order valence-electron chi connectivity index (χ3n) is 3.71. The molecule has 0 saturated heterocycles. The van der Waals surface area contributed by atoms with Crippen LogP contribution in [-0.2, 0) is 6.54 Å². The Morgan fingerprint density at radius 1 is 1.08 bits per heavy atom. The van der Waals surface area contributed by atoms with Crippen molar-refractivity contribution in [3.05, 3.63) is 54.6 Å². The minimum Gasteiger partial charge on any atom is -0.454 e. The van der Waals surface area contributed by atoms with Gasteiger partial charge < -0.3 is 25.8 Å². The zero-order valence-electron chi connectivity index (χ0n) is 13.3. The monoisotopic (exact) mass is 336 g/mol. The van der Waals surface area contributed by atoms with Crippen molar-refractivity contribution in [1.29, 1.82) is 0 Å². The highest BCUT2D eigenvalue weighted by Gasteiger charge is 2.14. The molecule has 0 radical (unpaired) electrons. The lowest BCUT2D eigenvalue weighted by Gasteiger charge is -2.12. The Morgan fingerprint density at radius 2 is 1.96 bits per heavy atom. The number of nitrogens with two attached hydrogens (primary N) is 1. The minimum absolute atomic E-state index is 0.258. The Bertz CT molecular complexity index is 888. The Labute approximate surface area is 144 Å². The first-order chi connectivity index (χ1) is 12.3. The fourth-order valence-corrected chi connectivity index (χ4v) is 2.45. The molecular formula is C17H16N6O2. The van der Waals surface area contributed by atoms with Gasteiger partial charge in [-0.3, -0.25) is 4.98 Å². The molecule has 0 unspecified atom stereocenters. The van der Waals surface area contributed by atoms with E-state index in [0.717, 1.165) is 22.7 Å². The summed E-state index contributed by atoms with van der Waals surface area (Å²) in [5.74, 6) is 2.58. The summed E-state index contributed by atoms with van der Waals surface area (Å²) in [5.41, 5.74) is 8.44. The SMILES string of the molecule is Nc1c(NCc2ccc3c(c2)OCO3)ncnc1Nc1cccnc1. The fourth-order valence-electron chi connectivity index (χ4n) is 2.45. The number of aromatic nitrogens is 3. The van der Waals surface area contributed by atoms with E-state index in [4.69, 9.17) is 15.2 Å². The van der Waals surface area contributed by atoms with Crippen molar-refractivity contribution >= 4 is 23.0 Å².